The molecule has 2 saturated carbocycles. The first-order valence-electron chi connectivity index (χ1n) is 7.30. The highest BCUT2D eigenvalue weighted by atomic mass is 16.5. The number of anilines is 1. The molecule has 0 atom stereocenters. The summed E-state index contributed by atoms with van der Waals surface area (Å²) >= 11 is 0. The van der Waals surface area contributed by atoms with E-state index in [9.17, 15) is 4.79 Å². The molecule has 0 unspecified atom stereocenters. The molecule has 4 heteroatoms. The van der Waals surface area contributed by atoms with Gasteiger partial charge in [-0.25, -0.2) is 0 Å². The number of nitrogens with one attached hydrogen (secondary N) is 1. The number of nitrogen functional groups attached to an aromatic ring is 1. The Morgan fingerprint density at radius 1 is 1.25 bits per heavy atom. The topological polar surface area (TPSA) is 64.3 Å². The predicted molar refractivity (Wildman–Crippen MR) is 78.4 cm³/mol. The van der Waals surface area contributed by atoms with Crippen LogP contribution in [0, 0.1) is 0 Å². The van der Waals surface area contributed by atoms with Crippen molar-refractivity contribution in [1.29, 1.82) is 0 Å². The number of hydrogen-bond donors (Lipinski definition) is 2. The first-order chi connectivity index (χ1) is 9.60. The largest absolute Gasteiger partial charge is 0.399 e. The van der Waals surface area contributed by atoms with Crippen molar-refractivity contribution in [2.75, 3.05) is 19.4 Å². The lowest BCUT2D eigenvalue weighted by atomic mass is 9.79. The zero-order valence-corrected chi connectivity index (χ0v) is 11.9. The molecule has 0 spiro atoms. The molecule has 0 radical (unpaired) electrons. The molecule has 108 valence electrons. The number of hydrogen-bond acceptors (Lipinski definition) is 3. The molecule has 2 aliphatic rings. The van der Waals surface area contributed by atoms with Crippen LogP contribution >= 0.6 is 0 Å². The van der Waals surface area contributed by atoms with Gasteiger partial charge in [0, 0.05) is 19.3 Å². The summed E-state index contributed by atoms with van der Waals surface area (Å²) in [5, 5.41) is 3.10. The Morgan fingerprint density at radius 2 is 1.90 bits per heavy atom. The number of nitrogens with two attached hydrogens (primary N) is 1. The van der Waals surface area contributed by atoms with Crippen molar-refractivity contribution in [3.63, 3.8) is 0 Å². The van der Waals surface area contributed by atoms with Gasteiger partial charge in [-0.1, -0.05) is 12.1 Å². The predicted octanol–water partition coefficient (Wildman–Crippen LogP) is 1.99. The third kappa shape index (κ3) is 2.18. The highest BCUT2D eigenvalue weighted by molar-refractivity contribution is 5.91. The van der Waals surface area contributed by atoms with E-state index in [4.69, 9.17) is 10.5 Å². The lowest BCUT2D eigenvalue weighted by molar-refractivity contribution is -0.127. The van der Waals surface area contributed by atoms with Gasteiger partial charge in [0.1, 0.15) is 0 Å². The summed E-state index contributed by atoms with van der Waals surface area (Å²) in [7, 11) is 1.73. The fraction of sp³-hybridized carbons (Fsp3) is 0.562. The standard InChI is InChI=1S/C16H22N2O2/c1-20-15(7-2-8-15)11-18-14(19)16(9-10-16)12-3-5-13(17)6-4-12/h3-6H,2,7-11,17H2,1H3,(H,18,19). The quantitative estimate of drug-likeness (QED) is 0.807. The second-order valence-corrected chi connectivity index (χ2v) is 6.13. The normalized spacial score (nSPS) is 21.9. The number of benzene rings is 1. The van der Waals surface area contributed by atoms with E-state index >= 15 is 0 Å². The van der Waals surface area contributed by atoms with Crippen LogP contribution in [-0.4, -0.2) is 25.2 Å². The number of methoxy groups -OCH3 is 1. The maximum Gasteiger partial charge on any atom is 0.230 e. The summed E-state index contributed by atoms with van der Waals surface area (Å²) in [6, 6.07) is 7.67. The summed E-state index contributed by atoms with van der Waals surface area (Å²) in [4.78, 5) is 12.5. The number of carbonyl (C=O) groups excluding carboxylic acids is 1. The molecule has 2 aliphatic carbocycles. The Morgan fingerprint density at radius 3 is 2.35 bits per heavy atom. The average molecular weight is 274 g/mol. The number of carbonyl (C=O) groups is 1. The minimum Gasteiger partial charge on any atom is -0.399 e. The Balaban J connectivity index is 1.66. The summed E-state index contributed by atoms with van der Waals surface area (Å²) in [5.74, 6) is 0.130. The van der Waals surface area contributed by atoms with Crippen molar-refractivity contribution in [1.82, 2.24) is 5.32 Å². The van der Waals surface area contributed by atoms with E-state index in [-0.39, 0.29) is 16.9 Å². The summed E-state index contributed by atoms with van der Waals surface area (Å²) in [5.41, 5.74) is 7.07. The van der Waals surface area contributed by atoms with Crippen LogP contribution in [0.1, 0.15) is 37.7 Å². The van der Waals surface area contributed by atoms with Gasteiger partial charge in [-0.2, -0.15) is 0 Å². The zero-order chi connectivity index (χ0) is 14.2. The fourth-order valence-corrected chi connectivity index (χ4v) is 3.01. The smallest absolute Gasteiger partial charge is 0.230 e. The number of ether oxygens (including phenoxy) is 1. The van der Waals surface area contributed by atoms with Crippen LogP contribution < -0.4 is 11.1 Å². The van der Waals surface area contributed by atoms with Gasteiger partial charge in [0.05, 0.1) is 11.0 Å². The molecule has 3 N–H and O–H groups in total. The molecule has 0 aromatic heterocycles. The van der Waals surface area contributed by atoms with E-state index in [2.05, 4.69) is 5.32 Å². The van der Waals surface area contributed by atoms with Crippen LogP contribution in [0.5, 0.6) is 0 Å². The van der Waals surface area contributed by atoms with Gasteiger partial charge < -0.3 is 15.8 Å². The van der Waals surface area contributed by atoms with Crippen molar-refractivity contribution in [3.8, 4) is 0 Å². The molecule has 1 aromatic rings. The monoisotopic (exact) mass is 274 g/mol. The number of amides is 1. The maximum absolute atomic E-state index is 12.5. The summed E-state index contributed by atoms with van der Waals surface area (Å²) in [6.07, 6.45) is 5.11. The first kappa shape index (κ1) is 13.4. The highest BCUT2D eigenvalue weighted by Crippen LogP contribution is 2.48. The van der Waals surface area contributed by atoms with Crippen LogP contribution in [0.3, 0.4) is 0 Å². The molecule has 0 aliphatic heterocycles. The highest BCUT2D eigenvalue weighted by Gasteiger charge is 2.51. The zero-order valence-electron chi connectivity index (χ0n) is 11.9. The molecule has 0 saturated heterocycles. The van der Waals surface area contributed by atoms with Gasteiger partial charge in [0.2, 0.25) is 5.91 Å². The molecule has 4 nitrogen and oxygen atoms in total. The van der Waals surface area contributed by atoms with Crippen molar-refractivity contribution < 1.29 is 9.53 Å². The van der Waals surface area contributed by atoms with Crippen LogP contribution in [0.4, 0.5) is 5.69 Å². The molecule has 3 rings (SSSR count). The second kappa shape index (κ2) is 4.77. The molecule has 2 fully saturated rings. The molecule has 1 amide bonds. The van der Waals surface area contributed by atoms with Gasteiger partial charge >= 0.3 is 0 Å². The minimum absolute atomic E-state index is 0.118. The van der Waals surface area contributed by atoms with Gasteiger partial charge in [0.15, 0.2) is 0 Å². The van der Waals surface area contributed by atoms with E-state index in [1.807, 2.05) is 24.3 Å². The van der Waals surface area contributed by atoms with Crippen LogP contribution in [-0.2, 0) is 14.9 Å². The molecule has 0 heterocycles. The van der Waals surface area contributed by atoms with E-state index in [1.54, 1.807) is 7.11 Å². The first-order valence-corrected chi connectivity index (χ1v) is 7.30. The van der Waals surface area contributed by atoms with Gasteiger partial charge in [-0.05, 0) is 49.8 Å². The molecular formula is C16H22N2O2. The number of rotatable bonds is 5. The van der Waals surface area contributed by atoms with Crippen LogP contribution in [0.15, 0.2) is 24.3 Å². The van der Waals surface area contributed by atoms with E-state index in [1.165, 1.54) is 6.42 Å². The fourth-order valence-electron chi connectivity index (χ4n) is 3.01. The van der Waals surface area contributed by atoms with Crippen LogP contribution in [0.25, 0.3) is 0 Å². The lowest BCUT2D eigenvalue weighted by Crippen LogP contribution is -2.51. The Hall–Kier alpha value is -1.55. The van der Waals surface area contributed by atoms with Crippen molar-refractivity contribution in [2.24, 2.45) is 0 Å². The summed E-state index contributed by atoms with van der Waals surface area (Å²) in [6.45, 7) is 0.624. The maximum atomic E-state index is 12.5. The van der Waals surface area contributed by atoms with Crippen LogP contribution in [0.2, 0.25) is 0 Å². The summed E-state index contributed by atoms with van der Waals surface area (Å²) < 4.78 is 5.55. The third-order valence-electron chi connectivity index (χ3n) is 4.92. The molecular weight excluding hydrogens is 252 g/mol. The minimum atomic E-state index is -0.327. The van der Waals surface area contributed by atoms with Crippen molar-refractivity contribution in [3.05, 3.63) is 29.8 Å². The lowest BCUT2D eigenvalue weighted by Gasteiger charge is -2.40. The second-order valence-electron chi connectivity index (χ2n) is 6.13. The third-order valence-corrected chi connectivity index (χ3v) is 4.92. The van der Waals surface area contributed by atoms with Gasteiger partial charge in [-0.3, -0.25) is 4.79 Å². The molecule has 20 heavy (non-hydrogen) atoms. The Bertz CT molecular complexity index is 496. The van der Waals surface area contributed by atoms with E-state index in [0.29, 0.717) is 6.54 Å². The van der Waals surface area contributed by atoms with Crippen molar-refractivity contribution in [2.45, 2.75) is 43.1 Å². The molecule has 1 aromatic carbocycles. The Kier molecular flexibility index (Phi) is 3.21. The molecule has 0 bridgehead atoms. The van der Waals surface area contributed by atoms with Gasteiger partial charge in [-0.15, -0.1) is 0 Å². The van der Waals surface area contributed by atoms with E-state index in [0.717, 1.165) is 36.9 Å². The van der Waals surface area contributed by atoms with Crippen molar-refractivity contribution >= 4 is 11.6 Å². The Labute approximate surface area is 119 Å². The average Bonchev–Trinajstić information content (AvgIpc) is 3.20. The van der Waals surface area contributed by atoms with E-state index < -0.39 is 0 Å². The van der Waals surface area contributed by atoms with Gasteiger partial charge in [0.25, 0.3) is 0 Å². The SMILES string of the molecule is COC1(CNC(=O)C2(c3ccc(N)cc3)CC2)CCC1.